The van der Waals surface area contributed by atoms with E-state index >= 15 is 0 Å². The first kappa shape index (κ1) is 33.1. The van der Waals surface area contributed by atoms with E-state index in [2.05, 4.69) is 26.1 Å². The summed E-state index contributed by atoms with van der Waals surface area (Å²) in [5.41, 5.74) is 2.82. The molecule has 42 heavy (non-hydrogen) atoms. The fraction of sp³-hybridized carbons (Fsp3) is 0.394. The topological polar surface area (TPSA) is 86.8 Å². The van der Waals surface area contributed by atoms with E-state index < -0.39 is 28.5 Å². The van der Waals surface area contributed by atoms with Gasteiger partial charge in [-0.1, -0.05) is 107 Å². The maximum atomic E-state index is 14.2. The largest absolute Gasteiger partial charge is 0.354 e. The number of hydrogen-bond acceptors (Lipinski definition) is 4. The molecule has 0 heterocycles. The van der Waals surface area contributed by atoms with Crippen molar-refractivity contribution < 1.29 is 18.0 Å². The Labute approximate surface area is 255 Å². The van der Waals surface area contributed by atoms with Gasteiger partial charge < -0.3 is 10.2 Å². The van der Waals surface area contributed by atoms with E-state index in [1.807, 2.05) is 62.4 Å². The van der Waals surface area contributed by atoms with E-state index in [0.29, 0.717) is 22.8 Å². The van der Waals surface area contributed by atoms with Gasteiger partial charge in [0.1, 0.15) is 12.6 Å². The molecule has 1 N–H and O–H groups in total. The maximum Gasteiger partial charge on any atom is 0.244 e. The van der Waals surface area contributed by atoms with E-state index in [1.54, 1.807) is 30.3 Å². The zero-order valence-electron chi connectivity index (χ0n) is 25.3. The van der Waals surface area contributed by atoms with Crippen molar-refractivity contribution in [1.82, 2.24) is 10.2 Å². The summed E-state index contributed by atoms with van der Waals surface area (Å²) in [5, 5.41) is 3.43. The Kier molecular flexibility index (Phi) is 11.2. The summed E-state index contributed by atoms with van der Waals surface area (Å²) in [6.07, 6.45) is 1.33. The van der Waals surface area contributed by atoms with Crippen LogP contribution < -0.4 is 9.62 Å². The van der Waals surface area contributed by atoms with Gasteiger partial charge in [-0.05, 0) is 46.2 Å². The number of sulfonamides is 1. The van der Waals surface area contributed by atoms with Crippen molar-refractivity contribution in [3.05, 3.63) is 101 Å². The van der Waals surface area contributed by atoms with Gasteiger partial charge in [0.2, 0.25) is 21.8 Å². The maximum absolute atomic E-state index is 14.2. The summed E-state index contributed by atoms with van der Waals surface area (Å²) >= 11 is 6.50. The quantitative estimate of drug-likeness (QED) is 0.280. The molecule has 0 saturated carbocycles. The first-order chi connectivity index (χ1) is 19.7. The first-order valence-corrected chi connectivity index (χ1v) is 16.3. The average Bonchev–Trinajstić information content (AvgIpc) is 2.92. The zero-order valence-corrected chi connectivity index (χ0v) is 26.9. The Morgan fingerprint density at radius 2 is 1.50 bits per heavy atom. The van der Waals surface area contributed by atoms with Crippen molar-refractivity contribution in [1.29, 1.82) is 0 Å². The number of nitrogens with one attached hydrogen (secondary N) is 1. The van der Waals surface area contributed by atoms with Crippen molar-refractivity contribution in [3.63, 3.8) is 0 Å². The number of amides is 2. The summed E-state index contributed by atoms with van der Waals surface area (Å²) in [5.74, 6) is -0.620. The van der Waals surface area contributed by atoms with E-state index in [9.17, 15) is 18.0 Å². The molecule has 0 saturated heterocycles. The molecule has 226 valence electrons. The molecule has 3 rings (SSSR count). The summed E-state index contributed by atoms with van der Waals surface area (Å²) in [6, 6.07) is 22.9. The van der Waals surface area contributed by atoms with Crippen molar-refractivity contribution in [2.24, 2.45) is 5.92 Å². The second-order valence-corrected chi connectivity index (χ2v) is 14.3. The molecule has 9 heteroatoms. The Morgan fingerprint density at radius 3 is 2.05 bits per heavy atom. The molecular weight excluding hydrogens is 570 g/mol. The lowest BCUT2D eigenvalue weighted by Gasteiger charge is -2.34. The number of nitrogens with zero attached hydrogens (tertiary/aromatic N) is 2. The normalized spacial score (nSPS) is 12.6. The fourth-order valence-electron chi connectivity index (χ4n) is 4.53. The summed E-state index contributed by atoms with van der Waals surface area (Å²) in [4.78, 5) is 29.3. The van der Waals surface area contributed by atoms with Crippen LogP contribution in [0.1, 0.15) is 51.3 Å². The Bertz CT molecular complexity index is 1450. The molecule has 7 nitrogen and oxygen atoms in total. The van der Waals surface area contributed by atoms with Crippen LogP contribution in [0.25, 0.3) is 0 Å². The number of halogens is 1. The number of anilines is 1. The first-order valence-electron chi connectivity index (χ1n) is 14.1. The number of hydrogen-bond donors (Lipinski definition) is 1. The molecule has 0 bridgehead atoms. The van der Waals surface area contributed by atoms with Crippen LogP contribution in [0, 0.1) is 5.92 Å². The minimum Gasteiger partial charge on any atom is -0.354 e. The van der Waals surface area contributed by atoms with Crippen LogP contribution in [0.4, 0.5) is 5.69 Å². The highest BCUT2D eigenvalue weighted by Gasteiger charge is 2.33. The highest BCUT2D eigenvalue weighted by Crippen LogP contribution is 2.27. The van der Waals surface area contributed by atoms with Crippen molar-refractivity contribution in [3.8, 4) is 0 Å². The second kappa shape index (κ2) is 14.2. The van der Waals surface area contributed by atoms with Gasteiger partial charge >= 0.3 is 0 Å². The van der Waals surface area contributed by atoms with Gasteiger partial charge in [0.15, 0.2) is 0 Å². The molecule has 0 fully saturated rings. The number of carbonyl (C=O) groups excluding carboxylic acids is 2. The summed E-state index contributed by atoms with van der Waals surface area (Å²) in [7, 11) is -3.84. The number of benzene rings is 3. The molecule has 0 spiro atoms. The number of rotatable bonds is 12. The van der Waals surface area contributed by atoms with Gasteiger partial charge in [-0.2, -0.15) is 0 Å². The molecular formula is C33H42ClN3O4S. The van der Waals surface area contributed by atoms with Crippen molar-refractivity contribution in [2.45, 2.75) is 59.0 Å². The molecule has 0 aliphatic carbocycles. The smallest absolute Gasteiger partial charge is 0.244 e. The number of carbonyl (C=O) groups is 2. The second-order valence-electron chi connectivity index (χ2n) is 12.0. The predicted octanol–water partition coefficient (Wildman–Crippen LogP) is 5.82. The average molecular weight is 612 g/mol. The van der Waals surface area contributed by atoms with Crippen molar-refractivity contribution >= 4 is 39.1 Å². The minimum atomic E-state index is -3.84. The lowest BCUT2D eigenvalue weighted by molar-refractivity contribution is -0.140. The molecule has 1 atom stereocenters. The third-order valence-electron chi connectivity index (χ3n) is 6.95. The zero-order chi connectivity index (χ0) is 31.1. The van der Waals surface area contributed by atoms with Crippen LogP contribution in [0.3, 0.4) is 0 Å². The van der Waals surface area contributed by atoms with Crippen LogP contribution in [0.2, 0.25) is 5.02 Å². The predicted molar refractivity (Wildman–Crippen MR) is 171 cm³/mol. The SMILES string of the molecule is CC(C)CNC(=O)C(Cc1ccccc1)N(Cc1ccccc1Cl)C(=O)CN(c1ccc(C(C)(C)C)cc1)S(C)(=O)=O. The fourth-order valence-corrected chi connectivity index (χ4v) is 5.57. The van der Waals surface area contributed by atoms with E-state index in [-0.39, 0.29) is 30.2 Å². The Hall–Kier alpha value is -3.36. The Balaban J connectivity index is 2.05. The van der Waals surface area contributed by atoms with Gasteiger partial charge in [0.05, 0.1) is 11.9 Å². The molecule has 0 aliphatic heterocycles. The third kappa shape index (κ3) is 9.33. The Morgan fingerprint density at radius 1 is 0.905 bits per heavy atom. The monoisotopic (exact) mass is 611 g/mol. The summed E-state index contributed by atoms with van der Waals surface area (Å²) < 4.78 is 27.1. The van der Waals surface area contributed by atoms with Gasteiger partial charge in [0.25, 0.3) is 0 Å². The minimum absolute atomic E-state index is 0.0334. The van der Waals surface area contributed by atoms with Crippen LogP contribution in [-0.4, -0.2) is 50.5 Å². The van der Waals surface area contributed by atoms with E-state index in [0.717, 1.165) is 21.7 Å². The standard InChI is InChI=1S/C33H42ClN3O4S/c1-24(2)21-35-32(39)30(20-25-12-8-7-9-13-25)36(22-26-14-10-11-15-29(26)34)31(38)23-37(42(6,40)41)28-18-16-27(17-19-28)33(3,4)5/h7-19,24,30H,20-23H2,1-6H3,(H,35,39). The molecule has 0 aliphatic rings. The third-order valence-corrected chi connectivity index (χ3v) is 8.46. The van der Waals surface area contributed by atoms with Gasteiger partial charge in [-0.15, -0.1) is 0 Å². The van der Waals surface area contributed by atoms with Crippen molar-refractivity contribution in [2.75, 3.05) is 23.7 Å². The molecule has 1 unspecified atom stereocenters. The van der Waals surface area contributed by atoms with Crippen LogP contribution in [-0.2, 0) is 38.0 Å². The van der Waals surface area contributed by atoms with Crippen LogP contribution in [0.15, 0.2) is 78.9 Å². The molecule has 2 amide bonds. The highest BCUT2D eigenvalue weighted by atomic mass is 35.5. The molecule has 0 radical (unpaired) electrons. The van der Waals surface area contributed by atoms with Crippen LogP contribution >= 0.6 is 11.6 Å². The van der Waals surface area contributed by atoms with Gasteiger partial charge in [-0.3, -0.25) is 13.9 Å². The lowest BCUT2D eigenvalue weighted by Crippen LogP contribution is -2.53. The highest BCUT2D eigenvalue weighted by molar-refractivity contribution is 7.92. The molecule has 3 aromatic carbocycles. The summed E-state index contributed by atoms with van der Waals surface area (Å²) in [6.45, 7) is 10.2. The molecule has 3 aromatic rings. The van der Waals surface area contributed by atoms with E-state index in [4.69, 9.17) is 11.6 Å². The van der Waals surface area contributed by atoms with Gasteiger partial charge in [0, 0.05) is 24.5 Å². The van der Waals surface area contributed by atoms with Crippen LogP contribution in [0.5, 0.6) is 0 Å². The molecule has 0 aromatic heterocycles. The van der Waals surface area contributed by atoms with Gasteiger partial charge in [-0.25, -0.2) is 8.42 Å². The van der Waals surface area contributed by atoms with E-state index in [1.165, 1.54) is 4.90 Å². The lowest BCUT2D eigenvalue weighted by atomic mass is 9.87.